The summed E-state index contributed by atoms with van der Waals surface area (Å²) in [4.78, 5) is 24.6. The first-order chi connectivity index (χ1) is 7.13. The zero-order valence-corrected chi connectivity index (χ0v) is 10.0. The Bertz CT molecular complexity index is 352. The number of carbonyl (C=O) groups is 2. The molecule has 0 amide bonds. The predicted octanol–water partition coefficient (Wildman–Crippen LogP) is 3.39. The Kier molecular flexibility index (Phi) is 4.69. The number of thiophene rings is 1. The molecule has 0 aliphatic rings. The van der Waals surface area contributed by atoms with Gasteiger partial charge in [-0.05, 0) is 25.5 Å². The van der Waals surface area contributed by atoms with Crippen molar-refractivity contribution in [3.05, 3.63) is 21.9 Å². The molecule has 1 aromatic rings. The van der Waals surface area contributed by atoms with Gasteiger partial charge >= 0.3 is 0 Å². The highest BCUT2D eigenvalue weighted by molar-refractivity contribution is 7.14. The van der Waals surface area contributed by atoms with Gasteiger partial charge in [0, 0.05) is 24.1 Å². The second-order valence-electron chi connectivity index (χ2n) is 3.58. The lowest BCUT2D eigenvalue weighted by molar-refractivity contribution is -0.118. The summed E-state index contributed by atoms with van der Waals surface area (Å²) in [6, 6.07) is 3.82. The van der Waals surface area contributed by atoms with E-state index in [9.17, 15) is 9.59 Å². The van der Waals surface area contributed by atoms with E-state index in [1.54, 1.807) is 0 Å². The molecule has 0 bridgehead atoms. The topological polar surface area (TPSA) is 34.1 Å². The van der Waals surface area contributed by atoms with Crippen LogP contribution < -0.4 is 0 Å². The van der Waals surface area contributed by atoms with E-state index in [2.05, 4.69) is 0 Å². The standard InChI is InChI=1S/C12H16O2S/c1-3-10(13)5-4-6-11(14)12-8-7-9(2)15-12/h7-8H,3-6H2,1-2H3. The fourth-order valence-electron chi connectivity index (χ4n) is 1.33. The largest absolute Gasteiger partial charge is 0.300 e. The van der Waals surface area contributed by atoms with Crippen LogP contribution in [0.3, 0.4) is 0 Å². The molecular weight excluding hydrogens is 208 g/mol. The molecule has 0 aliphatic carbocycles. The van der Waals surface area contributed by atoms with E-state index in [-0.39, 0.29) is 11.6 Å². The molecular formula is C12H16O2S. The summed E-state index contributed by atoms with van der Waals surface area (Å²) in [6.45, 7) is 3.84. The minimum atomic E-state index is 0.164. The molecule has 0 spiro atoms. The van der Waals surface area contributed by atoms with E-state index in [1.165, 1.54) is 11.3 Å². The van der Waals surface area contributed by atoms with Gasteiger partial charge in [-0.25, -0.2) is 0 Å². The van der Waals surface area contributed by atoms with Gasteiger partial charge in [0.1, 0.15) is 5.78 Å². The van der Waals surface area contributed by atoms with Crippen LogP contribution in [0.15, 0.2) is 12.1 Å². The van der Waals surface area contributed by atoms with Gasteiger partial charge in [-0.15, -0.1) is 11.3 Å². The molecule has 15 heavy (non-hydrogen) atoms. The van der Waals surface area contributed by atoms with E-state index in [0.717, 1.165) is 9.75 Å². The molecule has 82 valence electrons. The Labute approximate surface area is 94.3 Å². The number of carbonyl (C=O) groups excluding carboxylic acids is 2. The lowest BCUT2D eigenvalue weighted by Gasteiger charge is -1.97. The monoisotopic (exact) mass is 224 g/mol. The summed E-state index contributed by atoms with van der Waals surface area (Å²) in [5.74, 6) is 0.405. The normalized spacial score (nSPS) is 10.3. The minimum Gasteiger partial charge on any atom is -0.300 e. The van der Waals surface area contributed by atoms with Crippen LogP contribution in [0.1, 0.15) is 47.2 Å². The van der Waals surface area contributed by atoms with E-state index in [4.69, 9.17) is 0 Å². The van der Waals surface area contributed by atoms with Gasteiger partial charge in [-0.3, -0.25) is 9.59 Å². The maximum Gasteiger partial charge on any atom is 0.172 e. The van der Waals surface area contributed by atoms with Crippen LogP contribution in [0.4, 0.5) is 0 Å². The number of ketones is 2. The molecule has 0 radical (unpaired) electrons. The first-order valence-electron chi connectivity index (χ1n) is 5.24. The summed E-state index contributed by atoms with van der Waals surface area (Å²) in [7, 11) is 0. The van der Waals surface area contributed by atoms with Crippen LogP contribution in [0.25, 0.3) is 0 Å². The van der Waals surface area contributed by atoms with Crippen molar-refractivity contribution in [2.24, 2.45) is 0 Å². The van der Waals surface area contributed by atoms with Gasteiger partial charge in [0.05, 0.1) is 4.88 Å². The zero-order valence-electron chi connectivity index (χ0n) is 9.21. The Morgan fingerprint density at radius 2 is 2.00 bits per heavy atom. The number of Topliss-reactive ketones (excluding diaryl/α,β-unsaturated/α-hetero) is 2. The molecule has 1 heterocycles. The van der Waals surface area contributed by atoms with Crippen molar-refractivity contribution in [1.29, 1.82) is 0 Å². The number of hydrogen-bond donors (Lipinski definition) is 0. The maximum atomic E-state index is 11.6. The van der Waals surface area contributed by atoms with Gasteiger partial charge < -0.3 is 0 Å². The van der Waals surface area contributed by atoms with Crippen molar-refractivity contribution >= 4 is 22.9 Å². The molecule has 0 unspecified atom stereocenters. The van der Waals surface area contributed by atoms with Crippen LogP contribution in [0.5, 0.6) is 0 Å². The molecule has 2 nitrogen and oxygen atoms in total. The van der Waals surface area contributed by atoms with E-state index in [0.29, 0.717) is 25.7 Å². The molecule has 1 rings (SSSR count). The average Bonchev–Trinajstić information content (AvgIpc) is 2.64. The fourth-order valence-corrected chi connectivity index (χ4v) is 2.17. The van der Waals surface area contributed by atoms with Gasteiger partial charge in [0.2, 0.25) is 0 Å². The molecule has 3 heteroatoms. The van der Waals surface area contributed by atoms with Crippen molar-refractivity contribution < 1.29 is 9.59 Å². The summed E-state index contributed by atoms with van der Waals surface area (Å²) in [5, 5.41) is 0. The highest BCUT2D eigenvalue weighted by Crippen LogP contribution is 2.17. The number of hydrogen-bond acceptors (Lipinski definition) is 3. The zero-order chi connectivity index (χ0) is 11.3. The van der Waals surface area contributed by atoms with Crippen LogP contribution in [0.2, 0.25) is 0 Å². The van der Waals surface area contributed by atoms with Gasteiger partial charge in [0.25, 0.3) is 0 Å². The summed E-state index contributed by atoms with van der Waals surface area (Å²) in [5.41, 5.74) is 0. The highest BCUT2D eigenvalue weighted by atomic mass is 32.1. The van der Waals surface area contributed by atoms with Crippen molar-refractivity contribution in [3.8, 4) is 0 Å². The van der Waals surface area contributed by atoms with E-state index < -0.39 is 0 Å². The van der Waals surface area contributed by atoms with Crippen molar-refractivity contribution in [3.63, 3.8) is 0 Å². The van der Waals surface area contributed by atoms with E-state index >= 15 is 0 Å². The number of rotatable bonds is 6. The maximum absolute atomic E-state index is 11.6. The molecule has 0 atom stereocenters. The summed E-state index contributed by atoms with van der Waals surface area (Å²) in [6.07, 6.45) is 2.28. The Hall–Kier alpha value is -0.960. The van der Waals surface area contributed by atoms with Crippen LogP contribution in [0, 0.1) is 6.92 Å². The second kappa shape index (κ2) is 5.81. The minimum absolute atomic E-state index is 0.164. The van der Waals surface area contributed by atoms with Gasteiger partial charge in [0.15, 0.2) is 5.78 Å². The highest BCUT2D eigenvalue weighted by Gasteiger charge is 2.08. The summed E-state index contributed by atoms with van der Waals surface area (Å²) < 4.78 is 0. The quantitative estimate of drug-likeness (QED) is 0.694. The predicted molar refractivity (Wildman–Crippen MR) is 62.5 cm³/mol. The van der Waals surface area contributed by atoms with Crippen molar-refractivity contribution in [1.82, 2.24) is 0 Å². The summed E-state index contributed by atoms with van der Waals surface area (Å²) >= 11 is 1.53. The van der Waals surface area contributed by atoms with E-state index in [1.807, 2.05) is 26.0 Å². The van der Waals surface area contributed by atoms with Crippen molar-refractivity contribution in [2.75, 3.05) is 0 Å². The van der Waals surface area contributed by atoms with Gasteiger partial charge in [-0.1, -0.05) is 6.92 Å². The first kappa shape index (κ1) is 12.1. The second-order valence-corrected chi connectivity index (χ2v) is 4.87. The van der Waals surface area contributed by atoms with Crippen LogP contribution >= 0.6 is 11.3 Å². The number of aryl methyl sites for hydroxylation is 1. The van der Waals surface area contributed by atoms with Crippen LogP contribution in [-0.2, 0) is 4.79 Å². The first-order valence-corrected chi connectivity index (χ1v) is 6.06. The Morgan fingerprint density at radius 3 is 2.53 bits per heavy atom. The molecule has 0 N–H and O–H groups in total. The smallest absolute Gasteiger partial charge is 0.172 e. The lowest BCUT2D eigenvalue weighted by atomic mass is 10.1. The molecule has 0 fully saturated rings. The van der Waals surface area contributed by atoms with Crippen molar-refractivity contribution in [2.45, 2.75) is 39.5 Å². The molecule has 0 aliphatic heterocycles. The van der Waals surface area contributed by atoms with Gasteiger partial charge in [-0.2, -0.15) is 0 Å². The van der Waals surface area contributed by atoms with Crippen LogP contribution in [-0.4, -0.2) is 11.6 Å². The molecule has 1 aromatic heterocycles. The third-order valence-electron chi connectivity index (χ3n) is 2.27. The third kappa shape index (κ3) is 3.96. The average molecular weight is 224 g/mol. The molecule has 0 saturated heterocycles. The Morgan fingerprint density at radius 1 is 1.27 bits per heavy atom. The Balaban J connectivity index is 2.34. The molecule has 0 aromatic carbocycles. The third-order valence-corrected chi connectivity index (χ3v) is 3.31. The fraction of sp³-hybridized carbons (Fsp3) is 0.500. The molecule has 0 saturated carbocycles. The lowest BCUT2D eigenvalue weighted by Crippen LogP contribution is -1.99. The SMILES string of the molecule is CCC(=O)CCCC(=O)c1ccc(C)s1.